The SMILES string of the molecule is CN1CCN(CCCCCCn2c3ccccc3c3nc4ccccc4nc32)CC1. The summed E-state index contributed by atoms with van der Waals surface area (Å²) in [6, 6.07) is 16.8. The third-order valence-electron chi connectivity index (χ3n) is 6.46. The molecule has 30 heavy (non-hydrogen) atoms. The first-order valence-electron chi connectivity index (χ1n) is 11.3. The van der Waals surface area contributed by atoms with Gasteiger partial charge in [-0.1, -0.05) is 43.2 Å². The Bertz CT molecular complexity index is 1140. The number of hydrogen-bond acceptors (Lipinski definition) is 4. The molecule has 0 saturated carbocycles. The van der Waals surface area contributed by atoms with Gasteiger partial charge in [0.15, 0.2) is 5.65 Å². The predicted octanol–water partition coefficient (Wildman–Crippen LogP) is 4.55. The maximum atomic E-state index is 4.99. The van der Waals surface area contributed by atoms with Gasteiger partial charge in [-0.2, -0.15) is 0 Å². The minimum Gasteiger partial charge on any atom is -0.324 e. The molecular weight excluding hydrogens is 370 g/mol. The van der Waals surface area contributed by atoms with Crippen LogP contribution in [0, 0.1) is 0 Å². The first-order valence-corrected chi connectivity index (χ1v) is 11.3. The van der Waals surface area contributed by atoms with Crippen molar-refractivity contribution in [3.05, 3.63) is 48.5 Å². The van der Waals surface area contributed by atoms with Crippen molar-refractivity contribution in [2.75, 3.05) is 39.8 Å². The molecular formula is C25H31N5. The third kappa shape index (κ3) is 3.92. The van der Waals surface area contributed by atoms with E-state index in [4.69, 9.17) is 9.97 Å². The highest BCUT2D eigenvalue weighted by molar-refractivity contribution is 6.06. The lowest BCUT2D eigenvalue weighted by Gasteiger charge is -2.32. The molecule has 4 aromatic rings. The Labute approximate surface area is 178 Å². The topological polar surface area (TPSA) is 37.2 Å². The average molecular weight is 402 g/mol. The fourth-order valence-electron chi connectivity index (χ4n) is 4.64. The van der Waals surface area contributed by atoms with Crippen LogP contribution in [0.3, 0.4) is 0 Å². The minimum absolute atomic E-state index is 0.969. The van der Waals surface area contributed by atoms with E-state index in [9.17, 15) is 0 Å². The third-order valence-corrected chi connectivity index (χ3v) is 6.46. The van der Waals surface area contributed by atoms with Crippen LogP contribution in [0.5, 0.6) is 0 Å². The van der Waals surface area contributed by atoms with Gasteiger partial charge in [-0.05, 0) is 44.6 Å². The van der Waals surface area contributed by atoms with E-state index in [0.29, 0.717) is 0 Å². The van der Waals surface area contributed by atoms with Crippen LogP contribution in [0.1, 0.15) is 25.7 Å². The Kier molecular flexibility index (Phi) is 5.65. The summed E-state index contributed by atoms with van der Waals surface area (Å²) >= 11 is 0. The molecule has 0 bridgehead atoms. The number of likely N-dealkylation sites (N-methyl/N-ethyl adjacent to an activating group) is 1. The lowest BCUT2D eigenvalue weighted by molar-refractivity contribution is 0.152. The van der Waals surface area contributed by atoms with Gasteiger partial charge in [-0.3, -0.25) is 0 Å². The number of benzene rings is 2. The van der Waals surface area contributed by atoms with Crippen molar-refractivity contribution < 1.29 is 0 Å². The maximum absolute atomic E-state index is 4.99. The normalized spacial score (nSPS) is 16.2. The quantitative estimate of drug-likeness (QED) is 0.426. The molecule has 0 aliphatic carbocycles. The standard InChI is InChI=1S/C25H31N5/c1-28-16-18-29(19-17-28)14-8-2-3-9-15-30-23-13-7-4-10-20(23)24-25(30)27-22-12-6-5-11-21(22)26-24/h4-7,10-13H,2-3,8-9,14-19H2,1H3. The van der Waals surface area contributed by atoms with Gasteiger partial charge in [0.05, 0.1) is 16.6 Å². The first kappa shape index (κ1) is 19.5. The zero-order valence-corrected chi connectivity index (χ0v) is 17.9. The number of hydrogen-bond donors (Lipinski definition) is 0. The van der Waals surface area contributed by atoms with Crippen LogP contribution < -0.4 is 0 Å². The van der Waals surface area contributed by atoms with Crippen LogP contribution in [0.15, 0.2) is 48.5 Å². The monoisotopic (exact) mass is 401 g/mol. The second-order valence-corrected chi connectivity index (χ2v) is 8.61. The van der Waals surface area contributed by atoms with E-state index in [0.717, 1.165) is 28.7 Å². The van der Waals surface area contributed by atoms with Gasteiger partial charge in [-0.25, -0.2) is 9.97 Å². The van der Waals surface area contributed by atoms with Crippen LogP contribution >= 0.6 is 0 Å². The number of nitrogens with zero attached hydrogens (tertiary/aromatic N) is 5. The highest BCUT2D eigenvalue weighted by Gasteiger charge is 2.14. The summed E-state index contributed by atoms with van der Waals surface area (Å²) in [5, 5.41) is 1.21. The van der Waals surface area contributed by atoms with E-state index in [2.05, 4.69) is 51.7 Å². The summed E-state index contributed by atoms with van der Waals surface area (Å²) in [4.78, 5) is 15.0. The van der Waals surface area contributed by atoms with E-state index in [1.807, 2.05) is 18.2 Å². The predicted molar refractivity (Wildman–Crippen MR) is 125 cm³/mol. The van der Waals surface area contributed by atoms with Crippen molar-refractivity contribution in [2.24, 2.45) is 0 Å². The molecule has 156 valence electrons. The van der Waals surface area contributed by atoms with Gasteiger partial charge in [0.25, 0.3) is 0 Å². The summed E-state index contributed by atoms with van der Waals surface area (Å²) in [5.74, 6) is 0. The number of piperazine rings is 1. The molecule has 0 N–H and O–H groups in total. The van der Waals surface area contributed by atoms with Gasteiger partial charge in [0, 0.05) is 38.1 Å². The fourth-order valence-corrected chi connectivity index (χ4v) is 4.64. The Morgan fingerprint density at radius 3 is 2.20 bits per heavy atom. The Morgan fingerprint density at radius 1 is 0.733 bits per heavy atom. The van der Waals surface area contributed by atoms with Crippen LogP contribution in [0.4, 0.5) is 0 Å². The molecule has 0 spiro atoms. The molecule has 3 heterocycles. The van der Waals surface area contributed by atoms with Crippen LogP contribution in [0.2, 0.25) is 0 Å². The molecule has 1 saturated heterocycles. The van der Waals surface area contributed by atoms with Crippen molar-refractivity contribution in [1.82, 2.24) is 24.3 Å². The minimum atomic E-state index is 0.969. The number of para-hydroxylation sites is 3. The second kappa shape index (κ2) is 8.70. The van der Waals surface area contributed by atoms with Crippen molar-refractivity contribution >= 4 is 33.1 Å². The molecule has 0 atom stereocenters. The molecule has 5 nitrogen and oxygen atoms in total. The molecule has 1 aliphatic rings. The van der Waals surface area contributed by atoms with E-state index >= 15 is 0 Å². The molecule has 1 aliphatic heterocycles. The number of rotatable bonds is 7. The van der Waals surface area contributed by atoms with Gasteiger partial charge >= 0.3 is 0 Å². The molecule has 0 amide bonds. The maximum Gasteiger partial charge on any atom is 0.160 e. The molecule has 0 radical (unpaired) electrons. The molecule has 5 heteroatoms. The molecule has 5 rings (SSSR count). The van der Waals surface area contributed by atoms with Crippen molar-refractivity contribution in [1.29, 1.82) is 0 Å². The molecule has 0 unspecified atom stereocenters. The summed E-state index contributed by atoms with van der Waals surface area (Å²) < 4.78 is 2.38. The first-order chi connectivity index (χ1) is 14.8. The van der Waals surface area contributed by atoms with Crippen molar-refractivity contribution in [3.8, 4) is 0 Å². The zero-order valence-electron chi connectivity index (χ0n) is 17.9. The summed E-state index contributed by atoms with van der Waals surface area (Å²) in [5.41, 5.74) is 5.24. The highest BCUT2D eigenvalue weighted by Crippen LogP contribution is 2.28. The van der Waals surface area contributed by atoms with Crippen LogP contribution in [-0.4, -0.2) is 64.1 Å². The Hall–Kier alpha value is -2.50. The molecule has 2 aromatic heterocycles. The van der Waals surface area contributed by atoms with Gasteiger partial charge in [-0.15, -0.1) is 0 Å². The van der Waals surface area contributed by atoms with Crippen molar-refractivity contribution in [3.63, 3.8) is 0 Å². The van der Waals surface area contributed by atoms with Gasteiger partial charge in [0.1, 0.15) is 5.52 Å². The lowest BCUT2D eigenvalue weighted by Crippen LogP contribution is -2.44. The molecule has 1 fully saturated rings. The average Bonchev–Trinajstić information content (AvgIpc) is 3.08. The van der Waals surface area contributed by atoms with Crippen LogP contribution in [0.25, 0.3) is 33.1 Å². The number of fused-ring (bicyclic) bond motifs is 4. The van der Waals surface area contributed by atoms with E-state index in [1.165, 1.54) is 69.3 Å². The van der Waals surface area contributed by atoms with E-state index < -0.39 is 0 Å². The Balaban J connectivity index is 1.26. The molecule has 2 aromatic carbocycles. The number of unbranched alkanes of at least 4 members (excludes halogenated alkanes) is 3. The summed E-state index contributed by atoms with van der Waals surface area (Å²) in [7, 11) is 2.22. The largest absolute Gasteiger partial charge is 0.324 e. The van der Waals surface area contributed by atoms with Gasteiger partial charge < -0.3 is 14.4 Å². The van der Waals surface area contributed by atoms with E-state index in [-0.39, 0.29) is 0 Å². The lowest BCUT2D eigenvalue weighted by atomic mass is 10.1. The second-order valence-electron chi connectivity index (χ2n) is 8.61. The number of aromatic nitrogens is 3. The van der Waals surface area contributed by atoms with Crippen LogP contribution in [-0.2, 0) is 6.54 Å². The van der Waals surface area contributed by atoms with E-state index in [1.54, 1.807) is 0 Å². The number of aryl methyl sites for hydroxylation is 1. The fraction of sp³-hybridized carbons (Fsp3) is 0.440. The summed E-state index contributed by atoms with van der Waals surface area (Å²) in [6.07, 6.45) is 5.06. The zero-order chi connectivity index (χ0) is 20.3. The highest BCUT2D eigenvalue weighted by atomic mass is 15.2. The summed E-state index contributed by atoms with van der Waals surface area (Å²) in [6.45, 7) is 7.13. The van der Waals surface area contributed by atoms with Crippen molar-refractivity contribution in [2.45, 2.75) is 32.2 Å². The Morgan fingerprint density at radius 2 is 1.40 bits per heavy atom. The van der Waals surface area contributed by atoms with Gasteiger partial charge in [0.2, 0.25) is 0 Å². The smallest absolute Gasteiger partial charge is 0.160 e.